The number of unbranched alkanes of at least 4 members (excludes halogenated alkanes) is 11. The van der Waals surface area contributed by atoms with Crippen molar-refractivity contribution < 1.29 is 9.72 Å². The van der Waals surface area contributed by atoms with E-state index in [1.807, 2.05) is 12.4 Å². The van der Waals surface area contributed by atoms with Gasteiger partial charge >= 0.3 is 0 Å². The van der Waals surface area contributed by atoms with Crippen LogP contribution in [0.4, 0.5) is 0 Å². The average molecular weight is 310 g/mol. The summed E-state index contributed by atoms with van der Waals surface area (Å²) in [5.41, 5.74) is 0.384. The highest BCUT2D eigenvalue weighted by Gasteiger charge is 2.09. The second-order valence-electron chi connectivity index (χ2n) is 5.92. The summed E-state index contributed by atoms with van der Waals surface area (Å²) in [4.78, 5) is 20.8. The molecule has 0 aromatic heterocycles. The number of rotatable bonds is 16. The molecule has 0 aromatic carbocycles. The second-order valence-corrected chi connectivity index (χ2v) is 5.92. The van der Waals surface area contributed by atoms with Crippen LogP contribution >= 0.6 is 0 Å². The van der Waals surface area contributed by atoms with Crippen molar-refractivity contribution in [1.82, 2.24) is 0 Å². The molecule has 0 aliphatic heterocycles. The Labute approximate surface area is 135 Å². The van der Waals surface area contributed by atoms with E-state index in [-0.39, 0.29) is 4.92 Å². The van der Waals surface area contributed by atoms with E-state index in [0.717, 1.165) is 44.9 Å². The lowest BCUT2D eigenvalue weighted by Gasteiger charge is -2.01. The normalized spacial score (nSPS) is 11.6. The van der Waals surface area contributed by atoms with Crippen LogP contribution in [0, 0.1) is 10.1 Å². The molecule has 0 unspecified atom stereocenters. The zero-order valence-corrected chi connectivity index (χ0v) is 14.1. The number of nitro groups is 1. The number of hydrogen-bond donors (Lipinski definition) is 0. The standard InChI is InChI=1S/C18H32NO3/c1-2-3-4-5-6-9-12-15-18(19(21)22)16-13-10-7-8-11-14-17-20/h15H,2-14,16H2,1H3/b18-15+. The third kappa shape index (κ3) is 13.8. The van der Waals surface area contributed by atoms with Gasteiger partial charge in [-0.3, -0.25) is 14.9 Å². The first-order valence-electron chi connectivity index (χ1n) is 8.90. The van der Waals surface area contributed by atoms with Gasteiger partial charge in [-0.05, 0) is 31.8 Å². The molecule has 0 spiro atoms. The Hall–Kier alpha value is -1.19. The van der Waals surface area contributed by atoms with Crippen molar-refractivity contribution in [2.75, 3.05) is 0 Å². The number of hydrogen-bond acceptors (Lipinski definition) is 3. The maximum absolute atomic E-state index is 11.0. The summed E-state index contributed by atoms with van der Waals surface area (Å²) in [6, 6.07) is 0. The minimum Gasteiger partial charge on any atom is -0.291 e. The van der Waals surface area contributed by atoms with Crippen molar-refractivity contribution in [2.45, 2.75) is 96.8 Å². The van der Waals surface area contributed by atoms with Crippen molar-refractivity contribution in [1.29, 1.82) is 0 Å². The molecular formula is C18H32NO3. The molecule has 1 radical (unpaired) electrons. The van der Waals surface area contributed by atoms with Gasteiger partial charge in [0.15, 0.2) is 6.29 Å². The Morgan fingerprint density at radius 3 is 2.18 bits per heavy atom. The third-order valence-electron chi connectivity index (χ3n) is 3.88. The molecule has 0 aromatic rings. The first-order chi connectivity index (χ1) is 10.7. The number of allylic oxidation sites excluding steroid dienone is 2. The molecule has 0 rings (SSSR count). The van der Waals surface area contributed by atoms with Crippen molar-refractivity contribution >= 4 is 6.29 Å². The van der Waals surface area contributed by atoms with Gasteiger partial charge in [0.2, 0.25) is 5.70 Å². The molecule has 0 N–H and O–H groups in total. The Morgan fingerprint density at radius 2 is 1.55 bits per heavy atom. The van der Waals surface area contributed by atoms with E-state index in [1.165, 1.54) is 32.1 Å². The molecule has 0 bridgehead atoms. The fraction of sp³-hybridized carbons (Fsp3) is 0.833. The summed E-state index contributed by atoms with van der Waals surface area (Å²) in [6.07, 6.45) is 17.7. The lowest BCUT2D eigenvalue weighted by molar-refractivity contribution is -0.428. The van der Waals surface area contributed by atoms with E-state index < -0.39 is 0 Å². The highest BCUT2D eigenvalue weighted by atomic mass is 16.6. The van der Waals surface area contributed by atoms with Gasteiger partial charge in [-0.2, -0.15) is 0 Å². The van der Waals surface area contributed by atoms with Crippen LogP contribution < -0.4 is 0 Å². The van der Waals surface area contributed by atoms with Crippen molar-refractivity contribution in [2.24, 2.45) is 0 Å². The van der Waals surface area contributed by atoms with E-state index in [2.05, 4.69) is 6.92 Å². The fourth-order valence-corrected chi connectivity index (χ4v) is 2.49. The second kappa shape index (κ2) is 16.2. The third-order valence-corrected chi connectivity index (χ3v) is 3.88. The van der Waals surface area contributed by atoms with Gasteiger partial charge in [0.25, 0.3) is 0 Å². The zero-order valence-electron chi connectivity index (χ0n) is 14.1. The van der Waals surface area contributed by atoms with Crippen LogP contribution in [0.5, 0.6) is 0 Å². The van der Waals surface area contributed by atoms with Gasteiger partial charge in [0, 0.05) is 12.8 Å². The smallest absolute Gasteiger partial charge is 0.242 e. The highest BCUT2D eigenvalue weighted by Crippen LogP contribution is 2.14. The number of nitrogens with zero attached hydrogens (tertiary/aromatic N) is 1. The summed E-state index contributed by atoms with van der Waals surface area (Å²) < 4.78 is 0. The molecule has 0 aliphatic rings. The van der Waals surface area contributed by atoms with Crippen LogP contribution in [0.1, 0.15) is 96.8 Å². The molecule has 0 atom stereocenters. The lowest BCUT2D eigenvalue weighted by atomic mass is 10.1. The van der Waals surface area contributed by atoms with Gasteiger partial charge < -0.3 is 0 Å². The Bertz CT molecular complexity index is 313. The minimum absolute atomic E-state index is 0.224. The van der Waals surface area contributed by atoms with Gasteiger partial charge in [0.05, 0.1) is 4.92 Å². The zero-order chi connectivity index (χ0) is 16.5. The Kier molecular flexibility index (Phi) is 15.3. The predicted molar refractivity (Wildman–Crippen MR) is 91.1 cm³/mol. The van der Waals surface area contributed by atoms with Crippen LogP contribution in [-0.4, -0.2) is 11.2 Å². The summed E-state index contributed by atoms with van der Waals surface area (Å²) in [7, 11) is 0. The fourth-order valence-electron chi connectivity index (χ4n) is 2.49. The molecular weight excluding hydrogens is 278 g/mol. The molecule has 0 saturated heterocycles. The van der Waals surface area contributed by atoms with Crippen LogP contribution in [0.2, 0.25) is 0 Å². The average Bonchev–Trinajstić information content (AvgIpc) is 2.50. The monoisotopic (exact) mass is 310 g/mol. The largest absolute Gasteiger partial charge is 0.291 e. The van der Waals surface area contributed by atoms with Crippen molar-refractivity contribution in [3.63, 3.8) is 0 Å². The quantitative estimate of drug-likeness (QED) is 0.207. The van der Waals surface area contributed by atoms with Crippen LogP contribution in [0.3, 0.4) is 0 Å². The Balaban J connectivity index is 3.69. The molecule has 22 heavy (non-hydrogen) atoms. The van der Waals surface area contributed by atoms with E-state index in [0.29, 0.717) is 18.5 Å². The van der Waals surface area contributed by atoms with Crippen LogP contribution in [0.25, 0.3) is 0 Å². The lowest BCUT2D eigenvalue weighted by Crippen LogP contribution is -1.99. The molecule has 0 heterocycles. The van der Waals surface area contributed by atoms with Gasteiger partial charge in [-0.15, -0.1) is 0 Å². The minimum atomic E-state index is -0.224. The molecule has 0 saturated carbocycles. The summed E-state index contributed by atoms with van der Waals surface area (Å²) >= 11 is 0. The molecule has 4 heteroatoms. The summed E-state index contributed by atoms with van der Waals surface area (Å²) in [5, 5.41) is 11.0. The summed E-state index contributed by atoms with van der Waals surface area (Å²) in [5.74, 6) is 0. The van der Waals surface area contributed by atoms with Gasteiger partial charge in [-0.1, -0.05) is 58.3 Å². The van der Waals surface area contributed by atoms with Crippen molar-refractivity contribution in [3.8, 4) is 0 Å². The first kappa shape index (κ1) is 20.8. The molecule has 0 fully saturated rings. The summed E-state index contributed by atoms with van der Waals surface area (Å²) in [6.45, 7) is 2.20. The molecule has 4 nitrogen and oxygen atoms in total. The molecule has 0 aliphatic carbocycles. The predicted octanol–water partition coefficient (Wildman–Crippen LogP) is 5.74. The van der Waals surface area contributed by atoms with E-state index in [9.17, 15) is 14.9 Å². The molecule has 127 valence electrons. The Morgan fingerprint density at radius 1 is 0.955 bits per heavy atom. The van der Waals surface area contributed by atoms with Crippen molar-refractivity contribution in [3.05, 3.63) is 21.9 Å². The van der Waals surface area contributed by atoms with E-state index in [1.54, 1.807) is 0 Å². The van der Waals surface area contributed by atoms with E-state index >= 15 is 0 Å². The molecule has 0 amide bonds. The maximum atomic E-state index is 11.0. The van der Waals surface area contributed by atoms with Crippen LogP contribution in [0.15, 0.2) is 11.8 Å². The van der Waals surface area contributed by atoms with E-state index in [4.69, 9.17) is 0 Å². The van der Waals surface area contributed by atoms with Gasteiger partial charge in [-0.25, -0.2) is 0 Å². The number of carbonyl (C=O) groups excluding carboxylic acids is 1. The van der Waals surface area contributed by atoms with Gasteiger partial charge in [0.1, 0.15) is 0 Å². The topological polar surface area (TPSA) is 60.2 Å². The van der Waals surface area contributed by atoms with Crippen LogP contribution in [-0.2, 0) is 4.79 Å². The highest BCUT2D eigenvalue weighted by molar-refractivity contribution is 5.50. The SMILES string of the molecule is CCCCCCCC/C=C(\CCCCCCC[C]=O)[N+](=O)[O-]. The maximum Gasteiger partial charge on any atom is 0.242 e. The first-order valence-corrected chi connectivity index (χ1v) is 8.90.